The van der Waals surface area contributed by atoms with Crippen molar-refractivity contribution in [3.8, 4) is 22.6 Å². The Morgan fingerprint density at radius 3 is 1.28 bits per heavy atom. The number of nitrogens with zero attached hydrogens (tertiary/aromatic N) is 2. The van der Waals surface area contributed by atoms with Crippen LogP contribution in [0.4, 0.5) is 20.2 Å². The minimum Gasteiger partial charge on any atom is -0.481 e. The maximum absolute atomic E-state index is 13.6. The summed E-state index contributed by atoms with van der Waals surface area (Å²) in [5.74, 6) is -3.47. The van der Waals surface area contributed by atoms with Gasteiger partial charge in [-0.25, -0.2) is 25.6 Å². The van der Waals surface area contributed by atoms with Gasteiger partial charge in [-0.05, 0) is 135 Å². The van der Waals surface area contributed by atoms with Gasteiger partial charge in [0.1, 0.15) is 34.3 Å². The van der Waals surface area contributed by atoms with Gasteiger partial charge < -0.3 is 29.3 Å². The van der Waals surface area contributed by atoms with E-state index in [4.69, 9.17) is 13.9 Å². The molecular formula is C63H72F2N4O16S2. The van der Waals surface area contributed by atoms with E-state index in [1.807, 2.05) is 0 Å². The van der Waals surface area contributed by atoms with Crippen molar-refractivity contribution >= 4 is 100 Å². The summed E-state index contributed by atoms with van der Waals surface area (Å²) in [4.78, 5) is 98.3. The second-order valence-corrected chi connectivity index (χ2v) is 25.6. The van der Waals surface area contributed by atoms with E-state index in [2.05, 4.69) is 15.4 Å². The molecule has 0 spiro atoms. The van der Waals surface area contributed by atoms with Gasteiger partial charge in [-0.3, -0.25) is 47.0 Å². The summed E-state index contributed by atoms with van der Waals surface area (Å²) < 4.78 is 98.2. The number of anilines is 2. The molecule has 4 aromatic carbocycles. The number of ether oxygens (including phenoxy) is 1. The van der Waals surface area contributed by atoms with E-state index >= 15 is 0 Å². The lowest BCUT2D eigenvalue weighted by Crippen LogP contribution is -2.36. The standard InChI is InChI=1S/C32H37FN2O8S.C31H35FN2O8S/c1-4-27(37)31-25-17-24(20-8-9-20)26(18-28(25)43-32(31)21-10-12-22(33)13-11-21)35(44(3,40)41)19-23(36)14-15-29(38)34-16-6-5-7-30(39)42-2;1-3-26(36)30-24-16-23(19-7-8-19)25(17-27(24)42-31(30)20-9-11-21(32)12-10-20)34(43(2,40)41)18-22(35)13-14-28(37)33-15-5-4-6-29(38)39/h10-13,17-18,20H,4-9,14-16,19H2,1-3H3,(H,34,38);9-12,16-17,19H,3-8,13-15,18H2,1-2H3,(H,33,37)(H,38,39). The normalized spacial score (nSPS) is 13.1. The van der Waals surface area contributed by atoms with Gasteiger partial charge in [0, 0.05) is 98.5 Å². The number of fused-ring (bicyclic) bond motifs is 2. The van der Waals surface area contributed by atoms with E-state index in [1.165, 1.54) is 55.6 Å². The predicted molar refractivity (Wildman–Crippen MR) is 323 cm³/mol. The molecule has 0 unspecified atom stereocenters. The van der Waals surface area contributed by atoms with Gasteiger partial charge in [-0.2, -0.15) is 0 Å². The number of Topliss-reactive ketones (excluding diaryl/α,β-unsaturated/α-hetero) is 4. The highest BCUT2D eigenvalue weighted by Gasteiger charge is 2.36. The van der Waals surface area contributed by atoms with Crippen molar-refractivity contribution in [3.05, 3.63) is 107 Å². The zero-order valence-electron chi connectivity index (χ0n) is 49.3. The fraction of sp³-hybridized carbons (Fsp3) is 0.429. The Morgan fingerprint density at radius 1 is 0.563 bits per heavy atom. The van der Waals surface area contributed by atoms with Crippen LogP contribution in [0.15, 0.2) is 81.6 Å². The van der Waals surface area contributed by atoms with Gasteiger partial charge in [-0.15, -0.1) is 0 Å². The number of hydrogen-bond acceptors (Lipinski definition) is 15. The number of rotatable bonds is 32. The van der Waals surface area contributed by atoms with Gasteiger partial charge in [-0.1, -0.05) is 13.8 Å². The highest BCUT2D eigenvalue weighted by molar-refractivity contribution is 7.92. The number of hydrogen-bond donors (Lipinski definition) is 3. The van der Waals surface area contributed by atoms with Crippen LogP contribution in [0.3, 0.4) is 0 Å². The van der Waals surface area contributed by atoms with Crippen LogP contribution < -0.4 is 19.2 Å². The zero-order chi connectivity index (χ0) is 63.3. The van der Waals surface area contributed by atoms with Gasteiger partial charge in [0.2, 0.25) is 31.9 Å². The van der Waals surface area contributed by atoms with Crippen molar-refractivity contribution in [3.63, 3.8) is 0 Å². The first-order valence-corrected chi connectivity index (χ1v) is 32.6. The summed E-state index contributed by atoms with van der Waals surface area (Å²) in [6.07, 6.45) is 7.40. The fourth-order valence-electron chi connectivity index (χ4n) is 9.97. The summed E-state index contributed by atoms with van der Waals surface area (Å²) in [6.45, 7) is 3.13. The van der Waals surface area contributed by atoms with Gasteiger partial charge in [0.25, 0.3) is 0 Å². The lowest BCUT2D eigenvalue weighted by atomic mass is 9.97. The van der Waals surface area contributed by atoms with Crippen LogP contribution in [-0.4, -0.2) is 115 Å². The number of esters is 1. The molecule has 0 saturated heterocycles. The lowest BCUT2D eigenvalue weighted by molar-refractivity contribution is -0.141. The molecule has 2 aliphatic carbocycles. The van der Waals surface area contributed by atoms with Crippen molar-refractivity contribution in [2.45, 2.75) is 128 Å². The van der Waals surface area contributed by atoms with Crippen molar-refractivity contribution < 1.29 is 82.7 Å². The molecule has 24 heteroatoms. The SMILES string of the molecule is CCC(=O)c1c(-c2ccc(F)cc2)oc2cc(N(CC(=O)CCC(=O)NCCCCC(=O)O)S(C)(=O)=O)c(C3CC3)cc12.CCC(=O)c1c(-c2ccc(F)cc2)oc2cc(N(CC(=O)CCC(=O)NCCCCC(=O)OC)S(C)(=O)=O)c(C3CC3)cc12. The Bertz CT molecular complexity index is 3790. The highest BCUT2D eigenvalue weighted by atomic mass is 32.2. The Hall–Kier alpha value is -8.12. The van der Waals surface area contributed by atoms with E-state index in [-0.39, 0.29) is 127 Å². The summed E-state index contributed by atoms with van der Waals surface area (Å²) in [6, 6.07) is 17.8. The maximum Gasteiger partial charge on any atom is 0.305 e. The van der Waals surface area contributed by atoms with Crippen LogP contribution in [0.2, 0.25) is 0 Å². The molecule has 20 nitrogen and oxygen atoms in total. The average Bonchev–Trinajstić information content (AvgIpc) is 1.65. The molecule has 6 aromatic rings. The number of ketones is 4. The molecule has 0 aliphatic heterocycles. The summed E-state index contributed by atoms with van der Waals surface area (Å²) in [7, 11) is -6.57. The van der Waals surface area contributed by atoms with Crippen LogP contribution in [0.1, 0.15) is 160 Å². The van der Waals surface area contributed by atoms with E-state index in [9.17, 15) is 64.0 Å². The monoisotopic (exact) mass is 1240 g/mol. The third kappa shape index (κ3) is 18.0. The van der Waals surface area contributed by atoms with E-state index in [0.717, 1.165) is 46.8 Å². The molecule has 2 amide bonds. The minimum absolute atomic E-state index is 0.00605. The number of sulfonamides is 2. The number of carbonyl (C=O) groups excluding carboxylic acids is 7. The van der Waals surface area contributed by atoms with E-state index < -0.39 is 62.3 Å². The number of aliphatic carboxylic acids is 1. The molecule has 466 valence electrons. The molecule has 2 saturated carbocycles. The zero-order valence-corrected chi connectivity index (χ0v) is 50.9. The Labute approximate surface area is 503 Å². The molecule has 2 fully saturated rings. The largest absolute Gasteiger partial charge is 0.481 e. The first-order valence-electron chi connectivity index (χ1n) is 28.9. The summed E-state index contributed by atoms with van der Waals surface area (Å²) in [5, 5.41) is 15.1. The second kappa shape index (κ2) is 29.5. The van der Waals surface area contributed by atoms with Gasteiger partial charge >= 0.3 is 11.9 Å². The maximum atomic E-state index is 13.6. The fourth-order valence-corrected chi connectivity index (χ4v) is 11.8. The Kier molecular flexibility index (Phi) is 22.5. The topological polar surface area (TPSA) is 291 Å². The van der Waals surface area contributed by atoms with E-state index in [0.29, 0.717) is 82.1 Å². The summed E-state index contributed by atoms with van der Waals surface area (Å²) >= 11 is 0. The predicted octanol–water partition coefficient (Wildman–Crippen LogP) is 10.5. The highest BCUT2D eigenvalue weighted by Crippen LogP contribution is 2.50. The number of methoxy groups -OCH3 is 1. The van der Waals surface area contributed by atoms with Crippen LogP contribution in [0.5, 0.6) is 0 Å². The third-order valence-corrected chi connectivity index (χ3v) is 17.1. The van der Waals surface area contributed by atoms with Crippen LogP contribution in [0, 0.1) is 11.6 Å². The molecule has 87 heavy (non-hydrogen) atoms. The number of carboxylic acids is 1. The number of unbranched alkanes of at least 4 members (excludes halogenated alkanes) is 2. The first-order chi connectivity index (χ1) is 41.3. The number of carboxylic acid groups (broad SMARTS) is 1. The van der Waals surface area contributed by atoms with Crippen molar-refractivity contribution in [2.24, 2.45) is 0 Å². The second-order valence-electron chi connectivity index (χ2n) is 21.7. The number of benzene rings is 4. The molecule has 2 aromatic heterocycles. The lowest BCUT2D eigenvalue weighted by Gasteiger charge is -2.24. The number of halogens is 2. The van der Waals surface area contributed by atoms with Crippen molar-refractivity contribution in [2.75, 3.05) is 54.4 Å². The Balaban J connectivity index is 0.000000249. The molecular weight excluding hydrogens is 1170 g/mol. The van der Waals surface area contributed by atoms with Crippen LogP contribution >= 0.6 is 0 Å². The quantitative estimate of drug-likeness (QED) is 0.0201. The molecule has 2 aliphatic rings. The van der Waals surface area contributed by atoms with E-state index in [1.54, 1.807) is 38.1 Å². The molecule has 8 rings (SSSR count). The van der Waals surface area contributed by atoms with Gasteiger partial charge in [0.05, 0.1) is 55.2 Å². The molecule has 0 bridgehead atoms. The number of amides is 2. The van der Waals surface area contributed by atoms with Crippen LogP contribution in [0.25, 0.3) is 44.6 Å². The first kappa shape index (κ1) is 66.4. The Morgan fingerprint density at radius 2 is 0.943 bits per heavy atom. The van der Waals surface area contributed by atoms with Gasteiger partial charge in [0.15, 0.2) is 23.1 Å². The van der Waals surface area contributed by atoms with Crippen LogP contribution in [-0.2, 0) is 53.6 Å². The number of nitrogens with one attached hydrogen (secondary N) is 2. The molecule has 3 N–H and O–H groups in total. The summed E-state index contributed by atoms with van der Waals surface area (Å²) in [5.41, 5.74) is 4.18. The van der Waals surface area contributed by atoms with Crippen molar-refractivity contribution in [1.82, 2.24) is 10.6 Å². The number of carbonyl (C=O) groups is 8. The number of furan rings is 2. The smallest absolute Gasteiger partial charge is 0.305 e. The molecule has 0 radical (unpaired) electrons. The molecule has 2 heterocycles. The molecule has 0 atom stereocenters. The average molecular weight is 1240 g/mol. The minimum atomic E-state index is -3.94. The van der Waals surface area contributed by atoms with Crippen molar-refractivity contribution in [1.29, 1.82) is 0 Å². The third-order valence-electron chi connectivity index (χ3n) is 14.9.